The molecule has 1 rings (SSSR count). The van der Waals surface area contributed by atoms with Crippen molar-refractivity contribution in [3.05, 3.63) is 46.0 Å². The fourth-order valence-electron chi connectivity index (χ4n) is 1.15. The van der Waals surface area contributed by atoms with Gasteiger partial charge in [-0.25, -0.2) is 0 Å². The van der Waals surface area contributed by atoms with Crippen molar-refractivity contribution in [1.82, 2.24) is 0 Å². The Labute approximate surface area is 100 Å². The molecule has 0 bridgehead atoms. The van der Waals surface area contributed by atoms with Gasteiger partial charge in [0, 0.05) is 15.6 Å². The predicted molar refractivity (Wildman–Crippen MR) is 56.6 cm³/mol. The van der Waals surface area contributed by atoms with Crippen molar-refractivity contribution in [3.8, 4) is 0 Å². The fraction of sp³-hybridized carbons (Fsp3) is 0.200. The standard InChI is InChI=1S/C10H7Cl2F3O/c1-2-8(16)9-6(11)3-5(4-7(9)12)10(13,14)15/h2-4,8,16H,1H2. The van der Waals surface area contributed by atoms with Crippen molar-refractivity contribution in [2.75, 3.05) is 0 Å². The molecule has 1 aromatic rings. The molecular weight excluding hydrogens is 264 g/mol. The number of hydrogen-bond donors (Lipinski definition) is 1. The molecule has 0 fully saturated rings. The van der Waals surface area contributed by atoms with E-state index < -0.39 is 17.8 Å². The van der Waals surface area contributed by atoms with E-state index in [2.05, 4.69) is 6.58 Å². The van der Waals surface area contributed by atoms with Gasteiger partial charge in [0.15, 0.2) is 0 Å². The molecule has 1 aromatic carbocycles. The Kier molecular flexibility index (Phi) is 3.88. The van der Waals surface area contributed by atoms with Gasteiger partial charge in [0.2, 0.25) is 0 Å². The molecule has 0 aliphatic rings. The van der Waals surface area contributed by atoms with Crippen LogP contribution in [0.1, 0.15) is 17.2 Å². The van der Waals surface area contributed by atoms with E-state index >= 15 is 0 Å². The minimum atomic E-state index is -4.52. The molecule has 1 atom stereocenters. The van der Waals surface area contributed by atoms with Crippen LogP contribution >= 0.6 is 23.2 Å². The van der Waals surface area contributed by atoms with E-state index in [0.717, 1.165) is 18.2 Å². The Morgan fingerprint density at radius 2 is 1.69 bits per heavy atom. The summed E-state index contributed by atoms with van der Waals surface area (Å²) in [6.07, 6.45) is -4.59. The first kappa shape index (κ1) is 13.4. The van der Waals surface area contributed by atoms with Crippen LogP contribution in [0.3, 0.4) is 0 Å². The van der Waals surface area contributed by atoms with Gasteiger partial charge in [0.25, 0.3) is 0 Å². The van der Waals surface area contributed by atoms with E-state index in [4.69, 9.17) is 23.2 Å². The third kappa shape index (κ3) is 2.70. The summed E-state index contributed by atoms with van der Waals surface area (Å²) in [5, 5.41) is 8.93. The molecule has 0 spiro atoms. The summed E-state index contributed by atoms with van der Waals surface area (Å²) >= 11 is 11.2. The van der Waals surface area contributed by atoms with Crippen LogP contribution in [0.5, 0.6) is 0 Å². The number of benzene rings is 1. The van der Waals surface area contributed by atoms with Crippen LogP contribution in [0.25, 0.3) is 0 Å². The Morgan fingerprint density at radius 3 is 2.00 bits per heavy atom. The molecule has 0 saturated heterocycles. The van der Waals surface area contributed by atoms with Gasteiger partial charge >= 0.3 is 6.18 Å². The SMILES string of the molecule is C=CC(O)c1c(Cl)cc(C(F)(F)F)cc1Cl. The van der Waals surface area contributed by atoms with Gasteiger partial charge in [0.1, 0.15) is 0 Å². The maximum atomic E-state index is 12.4. The van der Waals surface area contributed by atoms with Crippen molar-refractivity contribution in [2.24, 2.45) is 0 Å². The normalized spacial score (nSPS) is 13.6. The van der Waals surface area contributed by atoms with Crippen molar-refractivity contribution >= 4 is 23.2 Å². The van der Waals surface area contributed by atoms with E-state index in [0.29, 0.717) is 0 Å². The number of alkyl halides is 3. The lowest BCUT2D eigenvalue weighted by atomic mass is 10.1. The highest BCUT2D eigenvalue weighted by atomic mass is 35.5. The first-order valence-electron chi connectivity index (χ1n) is 4.14. The van der Waals surface area contributed by atoms with E-state index in [1.165, 1.54) is 0 Å². The zero-order valence-corrected chi connectivity index (χ0v) is 9.37. The molecule has 1 N–H and O–H groups in total. The topological polar surface area (TPSA) is 20.2 Å². The molecule has 88 valence electrons. The fourth-order valence-corrected chi connectivity index (χ4v) is 1.86. The molecule has 0 radical (unpaired) electrons. The number of aliphatic hydroxyl groups excluding tert-OH is 1. The van der Waals surface area contributed by atoms with Crippen LogP contribution in [0.2, 0.25) is 10.0 Å². The Hall–Kier alpha value is -0.710. The van der Waals surface area contributed by atoms with Gasteiger partial charge in [-0.2, -0.15) is 13.2 Å². The Balaban J connectivity index is 3.33. The van der Waals surface area contributed by atoms with Gasteiger partial charge in [0.05, 0.1) is 11.7 Å². The quantitative estimate of drug-likeness (QED) is 0.798. The molecule has 0 heterocycles. The monoisotopic (exact) mass is 270 g/mol. The van der Waals surface area contributed by atoms with Crippen LogP contribution in [-0.4, -0.2) is 5.11 Å². The third-order valence-electron chi connectivity index (χ3n) is 1.93. The lowest BCUT2D eigenvalue weighted by Crippen LogP contribution is -2.06. The zero-order chi connectivity index (χ0) is 12.5. The van der Waals surface area contributed by atoms with Crippen molar-refractivity contribution in [1.29, 1.82) is 0 Å². The highest BCUT2D eigenvalue weighted by molar-refractivity contribution is 6.36. The molecule has 6 heteroatoms. The summed E-state index contributed by atoms with van der Waals surface area (Å²) in [5.41, 5.74) is -0.936. The first-order valence-corrected chi connectivity index (χ1v) is 4.89. The smallest absolute Gasteiger partial charge is 0.384 e. The number of aliphatic hydroxyl groups is 1. The summed E-state index contributed by atoms with van der Waals surface area (Å²) in [4.78, 5) is 0. The predicted octanol–water partition coefficient (Wildman–Crippen LogP) is 4.23. The molecule has 1 unspecified atom stereocenters. The molecule has 1 nitrogen and oxygen atoms in total. The number of hydrogen-bond acceptors (Lipinski definition) is 1. The van der Waals surface area contributed by atoms with E-state index in [-0.39, 0.29) is 15.6 Å². The second-order valence-electron chi connectivity index (χ2n) is 3.03. The zero-order valence-electron chi connectivity index (χ0n) is 7.85. The first-order chi connectivity index (χ1) is 7.27. The number of rotatable bonds is 2. The maximum absolute atomic E-state index is 12.4. The molecule has 0 amide bonds. The lowest BCUT2D eigenvalue weighted by Gasteiger charge is -2.14. The van der Waals surface area contributed by atoms with E-state index in [9.17, 15) is 18.3 Å². The van der Waals surface area contributed by atoms with Crippen molar-refractivity contribution in [3.63, 3.8) is 0 Å². The molecular formula is C10H7Cl2F3O. The van der Waals surface area contributed by atoms with Crippen LogP contribution in [-0.2, 0) is 6.18 Å². The minimum absolute atomic E-state index is 0.0198. The molecule has 0 aromatic heterocycles. The average Bonchev–Trinajstić information content (AvgIpc) is 2.14. The van der Waals surface area contributed by atoms with Crippen LogP contribution in [0.15, 0.2) is 24.8 Å². The van der Waals surface area contributed by atoms with Crippen LogP contribution in [0.4, 0.5) is 13.2 Å². The second-order valence-corrected chi connectivity index (χ2v) is 3.85. The van der Waals surface area contributed by atoms with Gasteiger partial charge < -0.3 is 5.11 Å². The van der Waals surface area contributed by atoms with Gasteiger partial charge in [-0.15, -0.1) is 6.58 Å². The van der Waals surface area contributed by atoms with E-state index in [1.54, 1.807) is 0 Å². The van der Waals surface area contributed by atoms with Gasteiger partial charge in [-0.1, -0.05) is 29.3 Å². The minimum Gasteiger partial charge on any atom is -0.384 e. The molecule has 0 aliphatic heterocycles. The molecule has 0 aliphatic carbocycles. The van der Waals surface area contributed by atoms with Crippen molar-refractivity contribution in [2.45, 2.75) is 12.3 Å². The largest absolute Gasteiger partial charge is 0.416 e. The highest BCUT2D eigenvalue weighted by Gasteiger charge is 2.32. The Bertz CT molecular complexity index is 392. The summed E-state index contributed by atoms with van der Waals surface area (Å²) < 4.78 is 37.1. The average molecular weight is 271 g/mol. The maximum Gasteiger partial charge on any atom is 0.416 e. The summed E-state index contributed by atoms with van der Waals surface area (Å²) in [6, 6.07) is 1.44. The van der Waals surface area contributed by atoms with Crippen LogP contribution < -0.4 is 0 Å². The highest BCUT2D eigenvalue weighted by Crippen LogP contribution is 2.38. The summed E-state index contributed by atoms with van der Waals surface area (Å²) in [7, 11) is 0. The lowest BCUT2D eigenvalue weighted by molar-refractivity contribution is -0.137. The molecule has 0 saturated carbocycles. The molecule has 16 heavy (non-hydrogen) atoms. The second kappa shape index (κ2) is 4.65. The van der Waals surface area contributed by atoms with Crippen molar-refractivity contribution < 1.29 is 18.3 Å². The Morgan fingerprint density at radius 1 is 1.25 bits per heavy atom. The van der Waals surface area contributed by atoms with E-state index in [1.807, 2.05) is 0 Å². The van der Waals surface area contributed by atoms with Gasteiger partial charge in [-0.05, 0) is 12.1 Å². The third-order valence-corrected chi connectivity index (χ3v) is 2.55. The van der Waals surface area contributed by atoms with Crippen LogP contribution in [0, 0.1) is 0 Å². The summed E-state index contributed by atoms with van der Waals surface area (Å²) in [5.74, 6) is 0. The van der Waals surface area contributed by atoms with Gasteiger partial charge in [-0.3, -0.25) is 0 Å². The summed E-state index contributed by atoms with van der Waals surface area (Å²) in [6.45, 7) is 3.30. The number of halogens is 5.